The minimum atomic E-state index is -1.06. The number of hydrogen-bond donors (Lipinski definition) is 1. The molecule has 2 rings (SSSR count). The van der Waals surface area contributed by atoms with Crippen molar-refractivity contribution in [2.24, 2.45) is 0 Å². The van der Waals surface area contributed by atoms with E-state index in [-0.39, 0.29) is 18.1 Å². The van der Waals surface area contributed by atoms with Gasteiger partial charge in [-0.3, -0.25) is 0 Å². The fourth-order valence-corrected chi connectivity index (χ4v) is 1.72. The first-order chi connectivity index (χ1) is 9.60. The number of aryl methyl sites for hydroxylation is 1. The van der Waals surface area contributed by atoms with Crippen LogP contribution in [0.15, 0.2) is 36.4 Å². The topological polar surface area (TPSA) is 68.7 Å². The monoisotopic (exact) mass is 273 g/mol. The Hall–Kier alpha value is -2.56. The molecule has 1 aromatic heterocycles. The molecule has 0 aliphatic heterocycles. The molecule has 5 nitrogen and oxygen atoms in total. The highest BCUT2D eigenvalue weighted by molar-refractivity contribution is 5.90. The van der Waals surface area contributed by atoms with Crippen LogP contribution in [0.4, 0.5) is 0 Å². The Bertz CT molecular complexity index is 625. The number of rotatable bonds is 5. The van der Waals surface area contributed by atoms with Gasteiger partial charge in [-0.15, -0.1) is 0 Å². The number of benzene rings is 1. The zero-order valence-electron chi connectivity index (χ0n) is 11.3. The predicted molar refractivity (Wildman–Crippen MR) is 73.3 cm³/mol. The number of hydrogen-bond acceptors (Lipinski definition) is 4. The van der Waals surface area contributed by atoms with Crippen molar-refractivity contribution in [3.8, 4) is 11.6 Å². The lowest BCUT2D eigenvalue weighted by atomic mass is 10.2. The molecule has 0 aliphatic rings. The van der Waals surface area contributed by atoms with Crippen LogP contribution in [0, 0.1) is 6.92 Å². The SMILES string of the molecule is COc1cccc(COc2nc(C)ccc2C(=O)O)c1. The summed E-state index contributed by atoms with van der Waals surface area (Å²) >= 11 is 0. The summed E-state index contributed by atoms with van der Waals surface area (Å²) in [6.45, 7) is 2.01. The van der Waals surface area contributed by atoms with Crippen molar-refractivity contribution in [1.29, 1.82) is 0 Å². The summed E-state index contributed by atoms with van der Waals surface area (Å²) in [5.74, 6) is -0.208. The third-order valence-corrected chi connectivity index (χ3v) is 2.74. The number of aromatic nitrogens is 1. The maximum atomic E-state index is 11.1. The van der Waals surface area contributed by atoms with Gasteiger partial charge in [-0.25, -0.2) is 9.78 Å². The Balaban J connectivity index is 2.17. The summed E-state index contributed by atoms with van der Waals surface area (Å²) < 4.78 is 10.6. The van der Waals surface area contributed by atoms with Gasteiger partial charge in [0.25, 0.3) is 0 Å². The lowest BCUT2D eigenvalue weighted by molar-refractivity contribution is 0.0690. The summed E-state index contributed by atoms with van der Waals surface area (Å²) in [6.07, 6.45) is 0. The molecule has 104 valence electrons. The van der Waals surface area contributed by atoms with Crippen LogP contribution in [0.5, 0.6) is 11.6 Å². The van der Waals surface area contributed by atoms with Gasteiger partial charge in [0.2, 0.25) is 5.88 Å². The van der Waals surface area contributed by atoms with Crippen LogP contribution in [0.25, 0.3) is 0 Å². The first-order valence-corrected chi connectivity index (χ1v) is 6.07. The molecule has 0 fully saturated rings. The molecule has 0 bridgehead atoms. The molecule has 1 aromatic carbocycles. The fraction of sp³-hybridized carbons (Fsp3) is 0.200. The predicted octanol–water partition coefficient (Wildman–Crippen LogP) is 2.68. The quantitative estimate of drug-likeness (QED) is 0.907. The molecule has 0 radical (unpaired) electrons. The van der Waals surface area contributed by atoms with Crippen molar-refractivity contribution in [2.45, 2.75) is 13.5 Å². The Morgan fingerprint density at radius 3 is 2.80 bits per heavy atom. The average molecular weight is 273 g/mol. The summed E-state index contributed by atoms with van der Waals surface area (Å²) in [4.78, 5) is 15.2. The summed E-state index contributed by atoms with van der Waals surface area (Å²) in [6, 6.07) is 10.5. The van der Waals surface area contributed by atoms with Gasteiger partial charge in [0, 0.05) is 5.69 Å². The van der Waals surface area contributed by atoms with E-state index in [0.29, 0.717) is 5.69 Å². The Morgan fingerprint density at radius 2 is 2.10 bits per heavy atom. The van der Waals surface area contributed by atoms with Crippen molar-refractivity contribution in [2.75, 3.05) is 7.11 Å². The van der Waals surface area contributed by atoms with E-state index >= 15 is 0 Å². The van der Waals surface area contributed by atoms with Gasteiger partial charge >= 0.3 is 5.97 Å². The zero-order chi connectivity index (χ0) is 14.5. The van der Waals surface area contributed by atoms with Gasteiger partial charge < -0.3 is 14.6 Å². The smallest absolute Gasteiger partial charge is 0.341 e. The fourth-order valence-electron chi connectivity index (χ4n) is 1.72. The number of pyridine rings is 1. The number of aromatic carboxylic acids is 1. The number of carbonyl (C=O) groups is 1. The number of carboxylic acids is 1. The van der Waals surface area contributed by atoms with E-state index in [2.05, 4.69) is 4.98 Å². The van der Waals surface area contributed by atoms with Crippen molar-refractivity contribution in [3.63, 3.8) is 0 Å². The molecule has 0 aliphatic carbocycles. The lowest BCUT2D eigenvalue weighted by Crippen LogP contribution is -2.06. The van der Waals surface area contributed by atoms with Crippen molar-refractivity contribution < 1.29 is 19.4 Å². The van der Waals surface area contributed by atoms with Crippen molar-refractivity contribution >= 4 is 5.97 Å². The average Bonchev–Trinajstić information content (AvgIpc) is 2.45. The molecule has 20 heavy (non-hydrogen) atoms. The number of ether oxygens (including phenoxy) is 2. The largest absolute Gasteiger partial charge is 0.497 e. The van der Waals surface area contributed by atoms with E-state index in [4.69, 9.17) is 14.6 Å². The molecule has 2 aromatic rings. The Kier molecular flexibility index (Phi) is 4.20. The lowest BCUT2D eigenvalue weighted by Gasteiger charge is -2.09. The number of nitrogens with zero attached hydrogens (tertiary/aromatic N) is 1. The molecule has 5 heteroatoms. The third kappa shape index (κ3) is 3.26. The Morgan fingerprint density at radius 1 is 1.30 bits per heavy atom. The Labute approximate surface area is 116 Å². The van der Waals surface area contributed by atoms with Crippen LogP contribution < -0.4 is 9.47 Å². The van der Waals surface area contributed by atoms with E-state index < -0.39 is 5.97 Å². The maximum absolute atomic E-state index is 11.1. The normalized spacial score (nSPS) is 10.1. The molecule has 0 saturated heterocycles. The maximum Gasteiger partial charge on any atom is 0.341 e. The van der Waals surface area contributed by atoms with E-state index in [9.17, 15) is 4.79 Å². The first kappa shape index (κ1) is 13.9. The van der Waals surface area contributed by atoms with E-state index in [1.165, 1.54) is 6.07 Å². The van der Waals surface area contributed by atoms with Gasteiger partial charge in [0.15, 0.2) is 0 Å². The first-order valence-electron chi connectivity index (χ1n) is 6.07. The zero-order valence-corrected chi connectivity index (χ0v) is 11.3. The van der Waals surface area contributed by atoms with Crippen molar-refractivity contribution in [1.82, 2.24) is 4.98 Å². The van der Waals surface area contributed by atoms with E-state index in [1.54, 1.807) is 20.1 Å². The van der Waals surface area contributed by atoms with Crippen LogP contribution in [-0.4, -0.2) is 23.2 Å². The van der Waals surface area contributed by atoms with Crippen LogP contribution in [0.2, 0.25) is 0 Å². The minimum absolute atomic E-state index is 0.0542. The molecule has 0 amide bonds. The standard InChI is InChI=1S/C15H15NO4/c1-10-6-7-13(15(17)18)14(16-10)20-9-11-4-3-5-12(8-11)19-2/h3-8H,9H2,1-2H3,(H,17,18). The minimum Gasteiger partial charge on any atom is -0.497 e. The third-order valence-electron chi connectivity index (χ3n) is 2.74. The second-order valence-electron chi connectivity index (χ2n) is 4.25. The second kappa shape index (κ2) is 6.06. The summed E-state index contributed by atoms with van der Waals surface area (Å²) in [5.41, 5.74) is 1.64. The molecule has 0 atom stereocenters. The van der Waals surface area contributed by atoms with Crippen LogP contribution in [0.3, 0.4) is 0 Å². The molecule has 0 unspecified atom stereocenters. The van der Waals surface area contributed by atoms with Gasteiger partial charge in [-0.1, -0.05) is 12.1 Å². The molecule has 0 saturated carbocycles. The highest BCUT2D eigenvalue weighted by Crippen LogP contribution is 2.19. The van der Waals surface area contributed by atoms with Gasteiger partial charge in [0.1, 0.15) is 17.9 Å². The van der Waals surface area contributed by atoms with E-state index in [1.807, 2.05) is 24.3 Å². The highest BCUT2D eigenvalue weighted by Gasteiger charge is 2.13. The van der Waals surface area contributed by atoms with Gasteiger partial charge in [-0.2, -0.15) is 0 Å². The van der Waals surface area contributed by atoms with E-state index in [0.717, 1.165) is 11.3 Å². The number of carboxylic acid groups (broad SMARTS) is 1. The van der Waals surface area contributed by atoms with Crippen molar-refractivity contribution in [3.05, 3.63) is 53.2 Å². The highest BCUT2D eigenvalue weighted by atomic mass is 16.5. The molecule has 1 N–H and O–H groups in total. The molecule has 0 spiro atoms. The van der Waals surface area contributed by atoms with Gasteiger partial charge in [0.05, 0.1) is 7.11 Å². The van der Waals surface area contributed by atoms with Crippen LogP contribution in [-0.2, 0) is 6.61 Å². The number of methoxy groups -OCH3 is 1. The van der Waals surface area contributed by atoms with Gasteiger partial charge in [-0.05, 0) is 36.8 Å². The molecular weight excluding hydrogens is 258 g/mol. The van der Waals surface area contributed by atoms with Crippen LogP contribution >= 0.6 is 0 Å². The summed E-state index contributed by atoms with van der Waals surface area (Å²) in [7, 11) is 1.59. The second-order valence-corrected chi connectivity index (χ2v) is 4.25. The molecule has 1 heterocycles. The summed E-state index contributed by atoms with van der Waals surface area (Å²) in [5, 5.41) is 9.10. The van der Waals surface area contributed by atoms with Crippen LogP contribution in [0.1, 0.15) is 21.6 Å². The molecular formula is C15H15NO4.